The maximum atomic E-state index is 12.8. The fourth-order valence-electron chi connectivity index (χ4n) is 3.05. The molecule has 1 amide bonds. The van der Waals surface area contributed by atoms with Crippen LogP contribution in [0.5, 0.6) is 0 Å². The van der Waals surface area contributed by atoms with Crippen molar-refractivity contribution in [3.63, 3.8) is 0 Å². The van der Waals surface area contributed by atoms with E-state index in [9.17, 15) is 4.79 Å². The predicted octanol–water partition coefficient (Wildman–Crippen LogP) is 3.02. The van der Waals surface area contributed by atoms with Gasteiger partial charge >= 0.3 is 0 Å². The lowest BCUT2D eigenvalue weighted by molar-refractivity contribution is 0.0947. The van der Waals surface area contributed by atoms with Crippen molar-refractivity contribution in [2.45, 2.75) is 0 Å². The molecule has 6 heteroatoms. The first-order valence-electron chi connectivity index (χ1n) is 7.71. The van der Waals surface area contributed by atoms with E-state index in [2.05, 4.69) is 10.9 Å². The Kier molecular flexibility index (Phi) is 3.66. The van der Waals surface area contributed by atoms with Crippen molar-refractivity contribution in [2.24, 2.45) is 5.73 Å². The molecular weight excluding hydrogens is 332 g/mol. The molecule has 4 rings (SSSR count). The number of rotatable bonds is 1. The highest BCUT2D eigenvalue weighted by Crippen LogP contribution is 2.30. The summed E-state index contributed by atoms with van der Waals surface area (Å²) < 4.78 is 0. The summed E-state index contributed by atoms with van der Waals surface area (Å²) in [6.07, 6.45) is 0. The number of hydrogen-bond acceptors (Lipinski definition) is 3. The van der Waals surface area contributed by atoms with Crippen LogP contribution in [-0.4, -0.2) is 16.0 Å². The maximum absolute atomic E-state index is 12.8. The summed E-state index contributed by atoms with van der Waals surface area (Å²) in [5, 5.41) is 3.63. The van der Waals surface area contributed by atoms with Crippen molar-refractivity contribution in [3.8, 4) is 0 Å². The van der Waals surface area contributed by atoms with Crippen molar-refractivity contribution < 1.29 is 4.79 Å². The molecule has 0 spiro atoms. The van der Waals surface area contributed by atoms with E-state index in [0.717, 1.165) is 32.6 Å². The van der Waals surface area contributed by atoms with E-state index < -0.39 is 0 Å². The number of nitrogens with zero attached hydrogens (tertiary/aromatic N) is 1. The summed E-state index contributed by atoms with van der Waals surface area (Å²) in [7, 11) is 0. The molecule has 4 N–H and O–H groups in total. The lowest BCUT2D eigenvalue weighted by atomic mass is 9.98. The molecule has 0 fully saturated rings. The lowest BCUT2D eigenvalue weighted by Crippen LogP contribution is -2.44. The van der Waals surface area contributed by atoms with Gasteiger partial charge in [-0.2, -0.15) is 0 Å². The minimum Gasteiger partial charge on any atom is -0.375 e. The first-order valence-corrected chi connectivity index (χ1v) is 8.12. The van der Waals surface area contributed by atoms with Gasteiger partial charge in [-0.3, -0.25) is 15.6 Å². The van der Waals surface area contributed by atoms with Gasteiger partial charge < -0.3 is 5.73 Å². The molecule has 122 valence electrons. The fraction of sp³-hybridized carbons (Fsp3) is 0. The second-order valence-electron chi connectivity index (χ2n) is 5.63. The van der Waals surface area contributed by atoms with Crippen molar-refractivity contribution in [2.75, 3.05) is 0 Å². The summed E-state index contributed by atoms with van der Waals surface area (Å²) >= 11 is 4.76. The van der Waals surface area contributed by atoms with Crippen molar-refractivity contribution in [1.29, 1.82) is 0 Å². The zero-order chi connectivity index (χ0) is 17.4. The lowest BCUT2D eigenvalue weighted by Gasteiger charge is -2.13. The molecule has 0 atom stereocenters. The van der Waals surface area contributed by atoms with Crippen LogP contribution in [0.25, 0.3) is 32.6 Å². The Morgan fingerprint density at radius 1 is 0.880 bits per heavy atom. The molecule has 0 saturated heterocycles. The van der Waals surface area contributed by atoms with Crippen molar-refractivity contribution in [1.82, 2.24) is 15.8 Å². The highest BCUT2D eigenvalue weighted by atomic mass is 32.1. The van der Waals surface area contributed by atoms with Gasteiger partial charge in [0.15, 0.2) is 5.11 Å². The number of carbonyl (C=O) groups is 1. The van der Waals surface area contributed by atoms with Gasteiger partial charge in [-0.1, -0.05) is 54.6 Å². The van der Waals surface area contributed by atoms with Gasteiger partial charge in [0.25, 0.3) is 5.91 Å². The van der Waals surface area contributed by atoms with Crippen LogP contribution in [0.15, 0.2) is 60.7 Å². The topological polar surface area (TPSA) is 80.0 Å². The third-order valence-electron chi connectivity index (χ3n) is 4.10. The smallest absolute Gasteiger partial charge is 0.271 e. The molecule has 0 bridgehead atoms. The minimum absolute atomic E-state index is 0.00136. The second-order valence-corrected chi connectivity index (χ2v) is 6.07. The SMILES string of the molecule is NC(=S)NNC(=O)c1c2ccccc2nc2c1ccc1ccccc12. The summed E-state index contributed by atoms with van der Waals surface area (Å²) in [4.78, 5) is 17.6. The van der Waals surface area contributed by atoms with Crippen LogP contribution >= 0.6 is 12.2 Å². The molecule has 5 nitrogen and oxygen atoms in total. The predicted molar refractivity (Wildman–Crippen MR) is 104 cm³/mol. The Hall–Kier alpha value is -3.25. The summed E-state index contributed by atoms with van der Waals surface area (Å²) in [6.45, 7) is 0. The van der Waals surface area contributed by atoms with Crippen LogP contribution in [0.3, 0.4) is 0 Å². The molecule has 25 heavy (non-hydrogen) atoms. The third-order valence-corrected chi connectivity index (χ3v) is 4.20. The molecule has 0 aliphatic carbocycles. The van der Waals surface area contributed by atoms with E-state index in [4.69, 9.17) is 22.9 Å². The number of nitrogens with two attached hydrogens (primary N) is 1. The highest BCUT2D eigenvalue weighted by molar-refractivity contribution is 7.80. The summed E-state index contributed by atoms with van der Waals surface area (Å²) in [5.41, 5.74) is 12.5. The molecular formula is C19H14N4OS. The van der Waals surface area contributed by atoms with Crippen LogP contribution in [0.1, 0.15) is 10.4 Å². The maximum Gasteiger partial charge on any atom is 0.271 e. The number of fused-ring (bicyclic) bond motifs is 4. The number of hydrogen-bond donors (Lipinski definition) is 3. The van der Waals surface area contributed by atoms with E-state index in [1.165, 1.54) is 0 Å². The van der Waals surface area contributed by atoms with E-state index in [1.807, 2.05) is 60.7 Å². The Balaban J connectivity index is 2.07. The normalized spacial score (nSPS) is 10.9. The van der Waals surface area contributed by atoms with E-state index in [1.54, 1.807) is 0 Å². The minimum atomic E-state index is -0.313. The van der Waals surface area contributed by atoms with Crippen LogP contribution < -0.4 is 16.6 Å². The van der Waals surface area contributed by atoms with Gasteiger partial charge in [-0.05, 0) is 23.7 Å². The first-order chi connectivity index (χ1) is 12.1. The van der Waals surface area contributed by atoms with E-state index in [-0.39, 0.29) is 11.0 Å². The van der Waals surface area contributed by atoms with Crippen LogP contribution in [0, 0.1) is 0 Å². The molecule has 0 radical (unpaired) electrons. The number of benzene rings is 3. The van der Waals surface area contributed by atoms with Gasteiger partial charge in [0, 0.05) is 16.2 Å². The summed E-state index contributed by atoms with van der Waals surface area (Å²) in [6, 6.07) is 19.5. The van der Waals surface area contributed by atoms with Crippen LogP contribution in [0.2, 0.25) is 0 Å². The van der Waals surface area contributed by atoms with Crippen molar-refractivity contribution in [3.05, 3.63) is 66.2 Å². The number of pyridine rings is 1. The number of para-hydroxylation sites is 1. The van der Waals surface area contributed by atoms with Gasteiger partial charge in [0.05, 0.1) is 16.6 Å². The van der Waals surface area contributed by atoms with Gasteiger partial charge in [-0.25, -0.2) is 4.98 Å². The van der Waals surface area contributed by atoms with Crippen molar-refractivity contribution >= 4 is 55.8 Å². The standard InChI is InChI=1S/C19H14N4OS/c20-19(25)23-22-18(24)16-13-7-3-4-8-15(13)21-17-12-6-2-1-5-11(12)9-10-14(16)17/h1-10H,(H,22,24)(H3,20,23,25). The molecule has 0 saturated carbocycles. The number of aromatic nitrogens is 1. The Labute approximate surface area is 148 Å². The number of hydrazine groups is 1. The summed E-state index contributed by atoms with van der Waals surface area (Å²) in [5.74, 6) is -0.313. The molecule has 1 aromatic heterocycles. The molecule has 4 aromatic rings. The monoisotopic (exact) mass is 346 g/mol. The van der Waals surface area contributed by atoms with Gasteiger partial charge in [0.2, 0.25) is 0 Å². The molecule has 1 heterocycles. The largest absolute Gasteiger partial charge is 0.375 e. The molecule has 0 aliphatic rings. The van der Waals surface area contributed by atoms with E-state index in [0.29, 0.717) is 5.56 Å². The third kappa shape index (κ3) is 2.62. The average molecular weight is 346 g/mol. The fourth-order valence-corrected chi connectivity index (χ4v) is 3.10. The van der Waals surface area contributed by atoms with E-state index >= 15 is 0 Å². The molecule has 3 aromatic carbocycles. The molecule has 0 unspecified atom stereocenters. The number of carbonyl (C=O) groups excluding carboxylic acids is 1. The Morgan fingerprint density at radius 2 is 1.60 bits per heavy atom. The highest BCUT2D eigenvalue weighted by Gasteiger charge is 2.17. The zero-order valence-electron chi connectivity index (χ0n) is 13.1. The molecule has 0 aliphatic heterocycles. The number of amides is 1. The van der Waals surface area contributed by atoms with Gasteiger partial charge in [-0.15, -0.1) is 0 Å². The first kappa shape index (κ1) is 15.3. The number of nitrogens with one attached hydrogen (secondary N) is 2. The van der Waals surface area contributed by atoms with Gasteiger partial charge in [0.1, 0.15) is 0 Å². The number of thiocarbonyl (C=S) groups is 1. The zero-order valence-corrected chi connectivity index (χ0v) is 13.9. The Bertz CT molecular complexity index is 1160. The average Bonchev–Trinajstić information content (AvgIpc) is 2.64. The van der Waals surface area contributed by atoms with Crippen LogP contribution in [-0.2, 0) is 0 Å². The second kappa shape index (κ2) is 5.99. The Morgan fingerprint density at radius 3 is 2.40 bits per heavy atom. The van der Waals surface area contributed by atoms with Crippen LogP contribution in [0.4, 0.5) is 0 Å². The quantitative estimate of drug-likeness (QED) is 0.214.